The third kappa shape index (κ3) is 36.0. The first-order chi connectivity index (χ1) is 37.6. The van der Waals surface area contributed by atoms with Crippen molar-refractivity contribution >= 4 is 59.7 Å². The second kappa shape index (κ2) is 50.2. The number of phenolic OH excluding ortho intramolecular Hbond substituents is 2. The Bertz CT molecular complexity index is 1950. The van der Waals surface area contributed by atoms with Crippen LogP contribution in [-0.4, -0.2) is 154 Å². The monoisotopic (exact) mass is 1170 g/mol. The molecule has 0 spiro atoms. The predicted molar refractivity (Wildman–Crippen MR) is 322 cm³/mol. The molecule has 1 aliphatic rings. The third-order valence-corrected chi connectivity index (χ3v) is 12.9. The first-order valence-electron chi connectivity index (χ1n) is 28.6. The van der Waals surface area contributed by atoms with E-state index >= 15 is 0 Å². The highest BCUT2D eigenvalue weighted by Crippen LogP contribution is 2.42. The average Bonchev–Trinajstić information content (AvgIpc) is 3.40. The van der Waals surface area contributed by atoms with Crippen LogP contribution in [0.15, 0.2) is 36.9 Å². The number of ketones is 2. The molecule has 4 atom stereocenters. The number of anilines is 2. The van der Waals surface area contributed by atoms with Crippen LogP contribution < -0.4 is 21.3 Å². The normalized spacial score (nSPS) is 12.7. The van der Waals surface area contributed by atoms with E-state index in [1.165, 1.54) is 109 Å². The lowest BCUT2D eigenvalue weighted by Crippen LogP contribution is -2.28. The van der Waals surface area contributed by atoms with E-state index in [0.717, 1.165) is 44.9 Å². The SMILES string of the molecule is C#CCCCCCCCCCCCC(O)CC(O)COC(C)=O.C=CCCCCCCCCCCCC(O)CC(O)COC(C)=O.Cl.Cl.O=C1c2c(O)ccc(O)c2C(=O)c2c(NCCNCCO)ccc(NCCNCCO)c21. The molecule has 20 heteroatoms. The summed E-state index contributed by atoms with van der Waals surface area (Å²) in [5, 5.41) is 89.4. The molecule has 0 aromatic heterocycles. The minimum atomic E-state index is -0.775. The summed E-state index contributed by atoms with van der Waals surface area (Å²) in [6.45, 7) is 9.09. The van der Waals surface area contributed by atoms with Crippen molar-refractivity contribution in [3.05, 3.63) is 59.2 Å². The van der Waals surface area contributed by atoms with Crippen LogP contribution in [0.1, 0.15) is 200 Å². The number of ether oxygens (including phenoxy) is 2. The van der Waals surface area contributed by atoms with E-state index in [-0.39, 0.29) is 97.8 Å². The Balaban J connectivity index is 0. The minimum absolute atomic E-state index is 0. The number of nitrogens with one attached hydrogen (secondary N) is 4. The Labute approximate surface area is 489 Å². The van der Waals surface area contributed by atoms with Gasteiger partial charge in [0.1, 0.15) is 24.7 Å². The molecular formula is C60H100Cl2N4O14. The van der Waals surface area contributed by atoms with Crippen molar-refractivity contribution in [2.24, 2.45) is 0 Å². The summed E-state index contributed by atoms with van der Waals surface area (Å²) in [7, 11) is 0. The van der Waals surface area contributed by atoms with E-state index in [2.05, 4.69) is 33.8 Å². The van der Waals surface area contributed by atoms with Crippen molar-refractivity contribution < 1.29 is 69.5 Å². The molecular weight excluding hydrogens is 1070 g/mol. The van der Waals surface area contributed by atoms with E-state index in [4.69, 9.17) is 26.1 Å². The molecule has 2 aromatic carbocycles. The lowest BCUT2D eigenvalue weighted by atomic mass is 9.81. The predicted octanol–water partition coefficient (Wildman–Crippen LogP) is 8.43. The first kappa shape index (κ1) is 77.5. The number of carbonyl (C=O) groups excluding carboxylic acids is 4. The lowest BCUT2D eigenvalue weighted by Gasteiger charge is -2.25. The number of aliphatic hydroxyl groups excluding tert-OH is 6. The number of rotatable bonds is 43. The van der Waals surface area contributed by atoms with Crippen LogP contribution in [0, 0.1) is 12.3 Å². The smallest absolute Gasteiger partial charge is 0.302 e. The van der Waals surface area contributed by atoms with Crippen LogP contribution in [0.3, 0.4) is 0 Å². The highest BCUT2D eigenvalue weighted by molar-refractivity contribution is 6.33. The maximum atomic E-state index is 13.4. The largest absolute Gasteiger partial charge is 0.507 e. The van der Waals surface area contributed by atoms with Gasteiger partial charge < -0.3 is 71.6 Å². The summed E-state index contributed by atoms with van der Waals surface area (Å²) < 4.78 is 9.42. The minimum Gasteiger partial charge on any atom is -0.507 e. The Hall–Kier alpha value is -4.52. The molecule has 80 heavy (non-hydrogen) atoms. The molecule has 18 nitrogen and oxygen atoms in total. The molecule has 3 rings (SSSR count). The zero-order valence-corrected chi connectivity index (χ0v) is 49.5. The second-order valence-corrected chi connectivity index (χ2v) is 19.9. The summed E-state index contributed by atoms with van der Waals surface area (Å²) >= 11 is 0. The molecule has 0 fully saturated rings. The summed E-state index contributed by atoms with van der Waals surface area (Å²) in [4.78, 5) is 48.0. The number of phenols is 2. The van der Waals surface area contributed by atoms with Crippen molar-refractivity contribution in [2.45, 2.75) is 192 Å². The molecule has 0 saturated heterocycles. The topological polar surface area (TPSA) is 297 Å². The van der Waals surface area contributed by atoms with Crippen LogP contribution in [-0.2, 0) is 19.1 Å². The third-order valence-electron chi connectivity index (χ3n) is 12.9. The van der Waals surface area contributed by atoms with E-state index in [9.17, 15) is 49.8 Å². The van der Waals surface area contributed by atoms with Gasteiger partial charge in [0.2, 0.25) is 11.6 Å². The Morgan fingerprint density at radius 3 is 1.23 bits per heavy atom. The van der Waals surface area contributed by atoms with Crippen molar-refractivity contribution in [1.82, 2.24) is 10.6 Å². The highest BCUT2D eigenvalue weighted by Gasteiger charge is 2.38. The van der Waals surface area contributed by atoms with Gasteiger partial charge in [-0.2, -0.15) is 0 Å². The molecule has 0 heterocycles. The zero-order chi connectivity index (χ0) is 57.8. The number of halogens is 2. The Morgan fingerprint density at radius 1 is 0.537 bits per heavy atom. The molecule has 458 valence electrons. The molecule has 2 aromatic rings. The van der Waals surface area contributed by atoms with Crippen molar-refractivity contribution in [3.8, 4) is 23.8 Å². The quantitative estimate of drug-likeness (QED) is 0.00832. The fourth-order valence-electron chi connectivity index (χ4n) is 8.82. The number of benzene rings is 2. The van der Waals surface area contributed by atoms with Crippen molar-refractivity contribution in [1.29, 1.82) is 0 Å². The number of unbranched alkanes of at least 4 members (excludes halogenated alkanes) is 18. The van der Waals surface area contributed by atoms with Crippen LogP contribution in [0.4, 0.5) is 11.4 Å². The first-order valence-corrected chi connectivity index (χ1v) is 28.6. The van der Waals surface area contributed by atoms with Gasteiger partial charge in [-0.25, -0.2) is 0 Å². The summed E-state index contributed by atoms with van der Waals surface area (Å²) in [5.41, 5.74) is 0.678. The van der Waals surface area contributed by atoms with Gasteiger partial charge in [-0.15, -0.1) is 43.7 Å². The Kier molecular flexibility index (Phi) is 48.7. The molecule has 0 aliphatic heterocycles. The van der Waals surface area contributed by atoms with Crippen LogP contribution in [0.2, 0.25) is 0 Å². The van der Waals surface area contributed by atoms with E-state index in [1.807, 2.05) is 6.08 Å². The number of aliphatic hydroxyl groups is 6. The van der Waals surface area contributed by atoms with Gasteiger partial charge in [0, 0.05) is 83.8 Å². The van der Waals surface area contributed by atoms with Gasteiger partial charge in [-0.1, -0.05) is 109 Å². The molecule has 0 radical (unpaired) electrons. The fourth-order valence-corrected chi connectivity index (χ4v) is 8.82. The van der Waals surface area contributed by atoms with E-state index in [1.54, 1.807) is 12.1 Å². The van der Waals surface area contributed by atoms with Crippen molar-refractivity contribution in [2.75, 3.05) is 76.3 Å². The number of aromatic hydroxyl groups is 2. The molecule has 0 bridgehead atoms. The molecule has 0 saturated carbocycles. The number of fused-ring (bicyclic) bond motifs is 2. The zero-order valence-electron chi connectivity index (χ0n) is 47.9. The number of hydrogen-bond donors (Lipinski definition) is 12. The number of terminal acetylenes is 1. The van der Waals surface area contributed by atoms with Gasteiger partial charge in [0.25, 0.3) is 0 Å². The summed E-state index contributed by atoms with van der Waals surface area (Å²) in [6.07, 6.45) is 30.5. The van der Waals surface area contributed by atoms with Gasteiger partial charge in [0.05, 0.1) is 59.9 Å². The number of carbonyl (C=O) groups is 4. The van der Waals surface area contributed by atoms with Crippen LogP contribution >= 0.6 is 24.8 Å². The summed E-state index contributed by atoms with van der Waals surface area (Å²) in [5.74, 6) is -0.00517. The standard InChI is InChI=1S/C22H28N4O6.C19H36O4.C19H34O4.2ClH/c27-11-9-23-5-7-25-13-1-2-14(26-8-6-24-10-12-28)18-17(13)21(31)19-15(29)3-4-16(30)20(19)22(18)32;2*1-3-4-5-6-7-8-9-10-11-12-13-14-18(21)15-19(22)16-23-17(2)20;;/h1-4,23-30H,5-12H2;3,18-19,21-22H,1,4-16H2,2H3;1,18-19,21-22H,4-16H2,2H3;2*1H. The van der Waals surface area contributed by atoms with Crippen LogP contribution in [0.5, 0.6) is 11.5 Å². The van der Waals surface area contributed by atoms with Crippen LogP contribution in [0.25, 0.3) is 0 Å². The number of allylic oxidation sites excluding steroid dienone is 1. The lowest BCUT2D eigenvalue weighted by molar-refractivity contribution is -0.145. The van der Waals surface area contributed by atoms with Gasteiger partial charge in [0.15, 0.2) is 0 Å². The van der Waals surface area contributed by atoms with Gasteiger partial charge >= 0.3 is 11.9 Å². The second-order valence-electron chi connectivity index (χ2n) is 19.9. The van der Waals surface area contributed by atoms with Gasteiger partial charge in [-0.05, 0) is 56.4 Å². The molecule has 1 aliphatic carbocycles. The maximum Gasteiger partial charge on any atom is 0.302 e. The summed E-state index contributed by atoms with van der Waals surface area (Å²) in [6, 6.07) is 5.74. The fraction of sp³-hybridized carbons (Fsp3) is 0.667. The highest BCUT2D eigenvalue weighted by atomic mass is 35.5. The molecule has 0 amide bonds. The van der Waals surface area contributed by atoms with Crippen molar-refractivity contribution in [3.63, 3.8) is 0 Å². The van der Waals surface area contributed by atoms with E-state index < -0.39 is 47.9 Å². The molecule has 4 unspecified atom stereocenters. The average molecular weight is 1170 g/mol. The van der Waals surface area contributed by atoms with Gasteiger partial charge in [-0.3, -0.25) is 19.2 Å². The number of hydrogen-bond acceptors (Lipinski definition) is 18. The van der Waals surface area contributed by atoms with E-state index in [0.29, 0.717) is 63.5 Å². The molecule has 12 N–H and O–H groups in total. The maximum absolute atomic E-state index is 13.4. The Morgan fingerprint density at radius 2 is 0.887 bits per heavy atom. The number of esters is 2.